The van der Waals surface area contributed by atoms with Gasteiger partial charge in [-0.05, 0) is 84.3 Å². The normalized spacial score (nSPS) is 25.2. The molecule has 4 amide bonds. The number of thiazole rings is 1. The van der Waals surface area contributed by atoms with Crippen molar-refractivity contribution in [3.8, 4) is 22.2 Å². The minimum atomic E-state index is -4.03. The van der Waals surface area contributed by atoms with Gasteiger partial charge in [-0.2, -0.15) is 0 Å². The summed E-state index contributed by atoms with van der Waals surface area (Å²) in [4.78, 5) is 73.0. The van der Waals surface area contributed by atoms with E-state index in [1.807, 2.05) is 56.5 Å². The molecule has 0 radical (unpaired) electrons. The van der Waals surface area contributed by atoms with Gasteiger partial charge in [0.05, 0.1) is 29.6 Å². The van der Waals surface area contributed by atoms with Crippen LogP contribution in [0.4, 0.5) is 0 Å². The highest BCUT2D eigenvalue weighted by molar-refractivity contribution is 7.91. The molecule has 2 aliphatic carbocycles. The van der Waals surface area contributed by atoms with Crippen LogP contribution in [0.5, 0.6) is 11.5 Å². The van der Waals surface area contributed by atoms with E-state index in [0.717, 1.165) is 24.1 Å². The Morgan fingerprint density at radius 3 is 2.53 bits per heavy atom. The summed E-state index contributed by atoms with van der Waals surface area (Å²) in [6, 6.07) is 3.27. The van der Waals surface area contributed by atoms with E-state index in [0.29, 0.717) is 58.8 Å². The average molecular weight is 916 g/mol. The highest BCUT2D eigenvalue weighted by atomic mass is 32.2. The van der Waals surface area contributed by atoms with Crippen molar-refractivity contribution in [3.63, 3.8) is 0 Å². The van der Waals surface area contributed by atoms with Crippen LogP contribution >= 0.6 is 11.3 Å². The zero-order chi connectivity index (χ0) is 45.7. The maximum Gasteiger partial charge on any atom is 0.291 e. The largest absolute Gasteiger partial charge is 0.496 e. The van der Waals surface area contributed by atoms with Gasteiger partial charge in [-0.25, -0.2) is 28.1 Å². The van der Waals surface area contributed by atoms with Crippen LogP contribution in [0.25, 0.3) is 21.6 Å². The summed E-state index contributed by atoms with van der Waals surface area (Å²) in [5.74, 6) is -1.81. The number of rotatable bonds is 11. The molecule has 0 bridgehead atoms. The SMILES string of the molecule is COc1ccc2c(O[C@@H]3C[C@H]4C(=O)N[C@]5(C(=O)NS(=O)(=O)C6(C)CC6)C[C@H]5/C=C\CCCCC[C@H](NC(=O)c5ncn(C(C)C)n5)C(=O)N4C3)cc(-c3nc(C(C)C)cs3)nc2c1C. The molecule has 5 heterocycles. The van der Waals surface area contributed by atoms with Gasteiger partial charge in [-0.3, -0.25) is 23.9 Å². The number of benzene rings is 1. The van der Waals surface area contributed by atoms with Gasteiger partial charge in [0.25, 0.3) is 11.8 Å². The molecule has 5 atom stereocenters. The fourth-order valence-electron chi connectivity index (χ4n) is 8.45. The number of aryl methyl sites for hydroxylation is 1. The molecule has 2 aliphatic heterocycles. The van der Waals surface area contributed by atoms with E-state index in [1.54, 1.807) is 18.7 Å². The number of aromatic nitrogens is 5. The van der Waals surface area contributed by atoms with E-state index < -0.39 is 68.0 Å². The number of ether oxygens (including phenoxy) is 2. The fraction of sp³-hybridized carbons (Fsp3) is 0.556. The van der Waals surface area contributed by atoms with Crippen molar-refractivity contribution in [1.29, 1.82) is 0 Å². The molecule has 4 aliphatic rings. The molecular formula is C45H57N9O8S2. The van der Waals surface area contributed by atoms with Crippen LogP contribution in [0.3, 0.4) is 0 Å². The molecule has 19 heteroatoms. The Balaban J connectivity index is 1.15. The third kappa shape index (κ3) is 8.84. The lowest BCUT2D eigenvalue weighted by atomic mass is 10.0. The Labute approximate surface area is 377 Å². The lowest BCUT2D eigenvalue weighted by Gasteiger charge is -2.29. The van der Waals surface area contributed by atoms with Gasteiger partial charge in [0.1, 0.15) is 52.3 Å². The van der Waals surface area contributed by atoms with Crippen LogP contribution in [0.2, 0.25) is 0 Å². The summed E-state index contributed by atoms with van der Waals surface area (Å²) in [6.45, 7) is 11.4. The number of hydrogen-bond donors (Lipinski definition) is 3. The quantitative estimate of drug-likeness (QED) is 0.159. The molecule has 17 nitrogen and oxygen atoms in total. The number of carbonyl (C=O) groups excluding carboxylic acids is 4. The Morgan fingerprint density at radius 2 is 1.84 bits per heavy atom. The van der Waals surface area contributed by atoms with Gasteiger partial charge in [-0.15, -0.1) is 16.4 Å². The van der Waals surface area contributed by atoms with Crippen molar-refractivity contribution in [2.45, 2.75) is 140 Å². The molecule has 1 saturated heterocycles. The summed E-state index contributed by atoms with van der Waals surface area (Å²) in [6.07, 6.45) is 8.68. The average Bonchev–Trinajstić information content (AvgIpc) is 3.85. The second kappa shape index (κ2) is 17.5. The Morgan fingerprint density at radius 1 is 1.06 bits per heavy atom. The summed E-state index contributed by atoms with van der Waals surface area (Å²) >= 11 is 1.47. The molecule has 0 unspecified atom stereocenters. The van der Waals surface area contributed by atoms with Crippen LogP contribution in [0.1, 0.15) is 126 Å². The van der Waals surface area contributed by atoms with Gasteiger partial charge in [0.2, 0.25) is 27.7 Å². The topological polar surface area (TPSA) is 217 Å². The second-order valence-electron chi connectivity index (χ2n) is 18.4. The first-order valence-electron chi connectivity index (χ1n) is 22.1. The number of amides is 4. The molecule has 3 aromatic heterocycles. The first kappa shape index (κ1) is 45.1. The number of fused-ring (bicyclic) bond motifs is 3. The highest BCUT2D eigenvalue weighted by Gasteiger charge is 2.63. The van der Waals surface area contributed by atoms with Crippen molar-refractivity contribution in [1.82, 2.24) is 45.0 Å². The smallest absolute Gasteiger partial charge is 0.291 e. The zero-order valence-electron chi connectivity index (χ0n) is 37.3. The molecule has 342 valence electrons. The van der Waals surface area contributed by atoms with Crippen LogP contribution in [0, 0.1) is 12.8 Å². The van der Waals surface area contributed by atoms with E-state index in [1.165, 1.54) is 22.6 Å². The first-order valence-corrected chi connectivity index (χ1v) is 24.5. The Bertz CT molecular complexity index is 2620. The second-order valence-corrected chi connectivity index (χ2v) is 21.5. The lowest BCUT2D eigenvalue weighted by molar-refractivity contribution is -0.141. The van der Waals surface area contributed by atoms with Gasteiger partial charge < -0.3 is 25.0 Å². The summed E-state index contributed by atoms with van der Waals surface area (Å²) in [5.41, 5.74) is 1.40. The first-order chi connectivity index (χ1) is 30.4. The third-order valence-corrected chi connectivity index (χ3v) is 16.1. The molecule has 0 spiro atoms. The zero-order valence-corrected chi connectivity index (χ0v) is 39.0. The van der Waals surface area contributed by atoms with Crippen molar-refractivity contribution in [2.24, 2.45) is 5.92 Å². The Kier molecular flexibility index (Phi) is 12.4. The number of methoxy groups -OCH3 is 1. The van der Waals surface area contributed by atoms with E-state index >= 15 is 0 Å². The summed E-state index contributed by atoms with van der Waals surface area (Å²) < 4.78 is 41.9. The molecule has 3 fully saturated rings. The van der Waals surface area contributed by atoms with Gasteiger partial charge >= 0.3 is 0 Å². The molecule has 4 aromatic rings. The number of hydrogen-bond acceptors (Lipinski definition) is 13. The summed E-state index contributed by atoms with van der Waals surface area (Å²) in [5, 5.41) is 13.5. The van der Waals surface area contributed by atoms with Crippen LogP contribution in [0.15, 0.2) is 42.1 Å². The number of pyridine rings is 1. The molecule has 64 heavy (non-hydrogen) atoms. The van der Waals surface area contributed by atoms with Crippen LogP contribution in [-0.4, -0.2) is 104 Å². The van der Waals surface area contributed by atoms with Crippen LogP contribution in [-0.2, 0) is 24.4 Å². The van der Waals surface area contributed by atoms with E-state index in [9.17, 15) is 27.6 Å². The number of carbonyl (C=O) groups is 4. The maximum atomic E-state index is 15.0. The van der Waals surface area contributed by atoms with E-state index in [-0.39, 0.29) is 43.6 Å². The highest BCUT2D eigenvalue weighted by Crippen LogP contribution is 2.48. The number of nitrogens with one attached hydrogen (secondary N) is 3. The van der Waals surface area contributed by atoms with E-state index in [2.05, 4.69) is 39.3 Å². The minimum absolute atomic E-state index is 0.0240. The fourth-order valence-corrected chi connectivity index (χ4v) is 10.7. The monoisotopic (exact) mass is 915 g/mol. The minimum Gasteiger partial charge on any atom is -0.496 e. The van der Waals surface area contributed by atoms with E-state index in [4.69, 9.17) is 19.4 Å². The predicted octanol–water partition coefficient (Wildman–Crippen LogP) is 5.51. The van der Waals surface area contributed by atoms with Gasteiger partial charge in [0.15, 0.2) is 0 Å². The maximum absolute atomic E-state index is 15.0. The predicted molar refractivity (Wildman–Crippen MR) is 240 cm³/mol. The number of nitrogens with zero attached hydrogens (tertiary/aromatic N) is 6. The number of sulfonamides is 1. The molecule has 2 saturated carbocycles. The Hall–Kier alpha value is -5.43. The molecule has 3 N–H and O–H groups in total. The number of allylic oxidation sites excluding steroid dienone is 1. The van der Waals surface area contributed by atoms with Crippen molar-refractivity contribution >= 4 is 55.9 Å². The summed E-state index contributed by atoms with van der Waals surface area (Å²) in [7, 11) is -2.43. The van der Waals surface area contributed by atoms with Gasteiger partial charge in [-0.1, -0.05) is 38.8 Å². The van der Waals surface area contributed by atoms with Crippen molar-refractivity contribution < 1.29 is 37.1 Å². The molecular weight excluding hydrogens is 859 g/mol. The molecule has 1 aromatic carbocycles. The van der Waals surface area contributed by atoms with Gasteiger partial charge in [0, 0.05) is 40.8 Å². The lowest BCUT2D eigenvalue weighted by Crippen LogP contribution is -2.58. The van der Waals surface area contributed by atoms with Crippen LogP contribution < -0.4 is 24.8 Å². The molecule has 8 rings (SSSR count). The standard InChI is InChI=1S/C45H57N9O8S2/c1-25(2)33-23-63-41(49-33)32-20-36(30-15-16-35(61-7)27(5)37(30)47-32)62-29-19-34-39(55)50-45(43(58)52-64(59,60)44(6)17-18-44)21-28(45)13-11-9-8-10-12-14-31(42(57)53(34)22-29)48-40(56)38-46-24-54(51-38)26(3)4/h11,13,15-16,20,23-26,28-29,31,34H,8-10,12,14,17-19,21-22H2,1-7H3,(H,48,56)(H,50,55)(H,52,58)/b13-11-/t28-,29-,31+,34+,45-/m1/s1. The van der Waals surface area contributed by atoms with Crippen molar-refractivity contribution in [3.05, 3.63) is 59.1 Å². The third-order valence-electron chi connectivity index (χ3n) is 13.0. The van der Waals surface area contributed by atoms with Crippen molar-refractivity contribution in [2.75, 3.05) is 13.7 Å².